The van der Waals surface area contributed by atoms with Crippen molar-refractivity contribution in [2.45, 2.75) is 193 Å². The van der Waals surface area contributed by atoms with Gasteiger partial charge in [0.1, 0.15) is 6.10 Å². The second-order valence-electron chi connectivity index (χ2n) is 12.3. The zero-order chi connectivity index (χ0) is 31.3. The molecule has 0 saturated heterocycles. The summed E-state index contributed by atoms with van der Waals surface area (Å²) in [6.45, 7) is 4.42. The van der Waals surface area contributed by atoms with Gasteiger partial charge in [0.25, 0.3) is 10.1 Å². The molecule has 0 bridgehead atoms. The maximum absolute atomic E-state index is 12.5. The van der Waals surface area contributed by atoms with E-state index in [2.05, 4.69) is 19.2 Å². The van der Waals surface area contributed by atoms with Crippen molar-refractivity contribution in [1.29, 1.82) is 0 Å². The van der Waals surface area contributed by atoms with Crippen molar-refractivity contribution in [3.05, 3.63) is 12.2 Å². The minimum absolute atomic E-state index is 0.285. The highest BCUT2D eigenvalue weighted by Gasteiger charge is 2.27. The van der Waals surface area contributed by atoms with E-state index in [1.54, 1.807) is 6.08 Å². The van der Waals surface area contributed by atoms with Gasteiger partial charge in [-0.2, -0.15) is 8.42 Å². The van der Waals surface area contributed by atoms with Crippen molar-refractivity contribution in [2.75, 3.05) is 5.75 Å². The van der Waals surface area contributed by atoms with E-state index in [9.17, 15) is 28.0 Å². The minimum atomic E-state index is -4.42. The molecule has 0 heterocycles. The Morgan fingerprint density at radius 2 is 1.02 bits per heavy atom. The molecule has 42 heavy (non-hydrogen) atoms. The monoisotopic (exact) mass is 617 g/mol. The van der Waals surface area contributed by atoms with Crippen LogP contribution in [0.5, 0.6) is 0 Å². The number of unbranched alkanes of at least 4 members (excludes halogenated alkanes) is 22. The molecule has 8 heteroatoms. The molecule has 7 nitrogen and oxygen atoms in total. The highest BCUT2D eigenvalue weighted by molar-refractivity contribution is 7.85. The number of hydrogen-bond acceptors (Lipinski definition) is 5. The zero-order valence-corrected chi connectivity index (χ0v) is 28.1. The molecule has 1 amide bonds. The van der Waals surface area contributed by atoms with Gasteiger partial charge in [-0.3, -0.25) is 9.35 Å². The van der Waals surface area contributed by atoms with Crippen LogP contribution in [0, 0.1) is 0 Å². The first-order chi connectivity index (χ1) is 20.2. The van der Waals surface area contributed by atoms with Crippen LogP contribution < -0.4 is 5.32 Å². The van der Waals surface area contributed by atoms with Gasteiger partial charge in [-0.25, -0.2) is 0 Å². The van der Waals surface area contributed by atoms with E-state index in [0.717, 1.165) is 51.4 Å². The van der Waals surface area contributed by atoms with Gasteiger partial charge in [0.15, 0.2) is 0 Å². The molecule has 250 valence electrons. The van der Waals surface area contributed by atoms with Crippen LogP contribution in [0.1, 0.15) is 174 Å². The summed E-state index contributed by atoms with van der Waals surface area (Å²) in [7, 11) is -4.42. The Balaban J connectivity index is 3.95. The number of carbonyl (C=O) groups is 1. The van der Waals surface area contributed by atoms with Crippen molar-refractivity contribution in [1.82, 2.24) is 5.32 Å². The molecule has 3 atom stereocenters. The Morgan fingerprint density at radius 1 is 0.643 bits per heavy atom. The molecule has 0 radical (unpaired) electrons. The van der Waals surface area contributed by atoms with Gasteiger partial charge in [-0.15, -0.1) is 0 Å². The maximum atomic E-state index is 12.5. The highest BCUT2D eigenvalue weighted by atomic mass is 32.2. The molecule has 0 rings (SSSR count). The first-order valence-corrected chi connectivity index (χ1v) is 19.1. The van der Waals surface area contributed by atoms with Gasteiger partial charge in [0.2, 0.25) is 5.91 Å². The number of allylic oxidation sites excluding steroid dienone is 1. The molecule has 0 spiro atoms. The molecule has 0 aliphatic heterocycles. The lowest BCUT2D eigenvalue weighted by atomic mass is 10.0. The van der Waals surface area contributed by atoms with Crippen molar-refractivity contribution >= 4 is 16.0 Å². The molecular weight excluding hydrogens is 550 g/mol. The molecule has 0 saturated carbocycles. The SMILES string of the molecule is CCCCCCC/C=C/C(O)C(CS(=O)(=O)O)NC(=O)C(O)CCCCCCCCCCCCCCCCCCCC. The Labute approximate surface area is 259 Å². The largest absolute Gasteiger partial charge is 0.387 e. The van der Waals surface area contributed by atoms with Crippen molar-refractivity contribution in [3.63, 3.8) is 0 Å². The fraction of sp³-hybridized carbons (Fsp3) is 0.912. The lowest BCUT2D eigenvalue weighted by molar-refractivity contribution is -0.130. The summed E-state index contributed by atoms with van der Waals surface area (Å²) < 4.78 is 32.1. The van der Waals surface area contributed by atoms with E-state index >= 15 is 0 Å². The number of amides is 1. The molecule has 0 aliphatic carbocycles. The fourth-order valence-corrected chi connectivity index (χ4v) is 6.07. The average molecular weight is 618 g/mol. The van der Waals surface area contributed by atoms with E-state index in [0.29, 0.717) is 6.42 Å². The number of rotatable bonds is 31. The standard InChI is InChI=1S/C34H67NO6S/c1-3-5-7-9-11-12-13-14-15-16-17-18-19-20-21-23-25-27-29-33(37)34(38)35-31(30-42(39,40)41)32(36)28-26-24-22-10-8-6-4-2/h26,28,31-33,36-37H,3-25,27,29-30H2,1-2H3,(H,35,38)(H,39,40,41)/b28-26+. The third-order valence-corrected chi connectivity index (χ3v) is 8.85. The highest BCUT2D eigenvalue weighted by Crippen LogP contribution is 2.15. The Kier molecular flexibility index (Phi) is 28.1. The van der Waals surface area contributed by atoms with Gasteiger partial charge in [-0.1, -0.05) is 167 Å². The summed E-state index contributed by atoms with van der Waals surface area (Å²) in [6, 6.07) is -1.22. The van der Waals surface area contributed by atoms with Gasteiger partial charge in [0, 0.05) is 0 Å². The summed E-state index contributed by atoms with van der Waals surface area (Å²) >= 11 is 0. The average Bonchev–Trinajstić information content (AvgIpc) is 2.94. The number of nitrogens with one attached hydrogen (secondary N) is 1. The summed E-state index contributed by atoms with van der Waals surface area (Å²) in [6.07, 6.45) is 30.1. The second kappa shape index (κ2) is 28.8. The summed E-state index contributed by atoms with van der Waals surface area (Å²) in [4.78, 5) is 12.5. The first kappa shape index (κ1) is 41.0. The molecule has 4 N–H and O–H groups in total. The molecule has 0 aromatic rings. The number of aliphatic hydroxyl groups is 2. The third-order valence-electron chi connectivity index (χ3n) is 8.07. The van der Waals surface area contributed by atoms with Crippen LogP contribution in [0.15, 0.2) is 12.2 Å². The van der Waals surface area contributed by atoms with Crippen LogP contribution in [0.4, 0.5) is 0 Å². The van der Waals surface area contributed by atoms with Crippen LogP contribution in [0.25, 0.3) is 0 Å². The molecule has 3 unspecified atom stereocenters. The van der Waals surface area contributed by atoms with Gasteiger partial charge >= 0.3 is 0 Å². The fourth-order valence-electron chi connectivity index (χ4n) is 5.34. The van der Waals surface area contributed by atoms with E-state index in [1.165, 1.54) is 102 Å². The van der Waals surface area contributed by atoms with E-state index in [1.807, 2.05) is 0 Å². The summed E-state index contributed by atoms with van der Waals surface area (Å²) in [5.41, 5.74) is 0. The molecular formula is C34H67NO6S. The Hall–Kier alpha value is -0.960. The van der Waals surface area contributed by atoms with Crippen LogP contribution >= 0.6 is 0 Å². The molecule has 0 aromatic carbocycles. The van der Waals surface area contributed by atoms with Crippen LogP contribution in [-0.2, 0) is 14.9 Å². The van der Waals surface area contributed by atoms with E-state index < -0.39 is 40.0 Å². The lowest BCUT2D eigenvalue weighted by Gasteiger charge is -2.22. The predicted octanol–water partition coefficient (Wildman–Crippen LogP) is 8.43. The van der Waals surface area contributed by atoms with Crippen LogP contribution in [0.3, 0.4) is 0 Å². The Bertz CT molecular complexity index is 742. The van der Waals surface area contributed by atoms with Crippen molar-refractivity contribution in [3.8, 4) is 0 Å². The zero-order valence-electron chi connectivity index (χ0n) is 27.2. The van der Waals surface area contributed by atoms with E-state index in [4.69, 9.17) is 0 Å². The summed E-state index contributed by atoms with van der Waals surface area (Å²) in [5.74, 6) is -1.53. The van der Waals surface area contributed by atoms with Crippen LogP contribution in [-0.4, -0.2) is 53.1 Å². The van der Waals surface area contributed by atoms with Crippen molar-refractivity contribution < 1.29 is 28.0 Å². The number of aliphatic hydroxyl groups excluding tert-OH is 2. The summed E-state index contributed by atoms with van der Waals surface area (Å²) in [5, 5.41) is 23.1. The lowest BCUT2D eigenvalue weighted by Crippen LogP contribution is -2.50. The van der Waals surface area contributed by atoms with Crippen LogP contribution in [0.2, 0.25) is 0 Å². The predicted molar refractivity (Wildman–Crippen MR) is 176 cm³/mol. The smallest absolute Gasteiger partial charge is 0.267 e. The molecule has 0 fully saturated rings. The number of hydrogen-bond donors (Lipinski definition) is 4. The van der Waals surface area contributed by atoms with E-state index in [-0.39, 0.29) is 6.42 Å². The third kappa shape index (κ3) is 27.8. The normalized spacial score (nSPS) is 14.3. The van der Waals surface area contributed by atoms with Gasteiger partial charge < -0.3 is 15.5 Å². The van der Waals surface area contributed by atoms with Gasteiger partial charge in [0.05, 0.1) is 17.9 Å². The molecule has 0 aliphatic rings. The second-order valence-corrected chi connectivity index (χ2v) is 13.8. The minimum Gasteiger partial charge on any atom is -0.387 e. The quantitative estimate of drug-likeness (QED) is 0.0352. The maximum Gasteiger partial charge on any atom is 0.267 e. The first-order valence-electron chi connectivity index (χ1n) is 17.5. The number of carbonyl (C=O) groups excluding carboxylic acids is 1. The van der Waals surface area contributed by atoms with Crippen molar-refractivity contribution in [2.24, 2.45) is 0 Å². The topological polar surface area (TPSA) is 124 Å². The molecule has 0 aromatic heterocycles. The Morgan fingerprint density at radius 3 is 1.43 bits per heavy atom. The van der Waals surface area contributed by atoms with Gasteiger partial charge in [-0.05, 0) is 19.3 Å².